The predicted molar refractivity (Wildman–Crippen MR) is 91.4 cm³/mol. The van der Waals surface area contributed by atoms with Gasteiger partial charge in [-0.15, -0.1) is 23.7 Å². The summed E-state index contributed by atoms with van der Waals surface area (Å²) in [5.74, 6) is 0.758. The number of halogens is 1. The maximum atomic E-state index is 12.6. The molecule has 1 saturated heterocycles. The average Bonchev–Trinajstić information content (AvgIpc) is 2.88. The topological polar surface area (TPSA) is 64.8 Å². The van der Waals surface area contributed by atoms with Crippen LogP contribution in [0, 0.1) is 6.92 Å². The molecule has 0 radical (unpaired) electrons. The van der Waals surface area contributed by atoms with Gasteiger partial charge in [0.2, 0.25) is 0 Å². The number of carbonyl (C=O) groups excluding carboxylic acids is 1. The lowest BCUT2D eigenvalue weighted by Gasteiger charge is -2.31. The van der Waals surface area contributed by atoms with E-state index in [-0.39, 0.29) is 24.4 Å². The highest BCUT2D eigenvalue weighted by Crippen LogP contribution is 2.30. The number of aryl methyl sites for hydroxylation is 1. The first-order valence-electron chi connectivity index (χ1n) is 7.41. The fraction of sp³-hybridized carbons (Fsp3) is 0.667. The maximum Gasteiger partial charge on any atom is 0.267 e. The summed E-state index contributed by atoms with van der Waals surface area (Å²) in [6, 6.07) is 1.92. The van der Waals surface area contributed by atoms with Crippen molar-refractivity contribution >= 4 is 29.7 Å². The van der Waals surface area contributed by atoms with Crippen LogP contribution in [0.2, 0.25) is 0 Å². The van der Waals surface area contributed by atoms with Gasteiger partial charge >= 0.3 is 0 Å². The van der Waals surface area contributed by atoms with E-state index >= 15 is 0 Å². The Balaban J connectivity index is 0.00000242. The molecule has 2 rings (SSSR count). The highest BCUT2D eigenvalue weighted by atomic mass is 35.5. The fourth-order valence-corrected chi connectivity index (χ4v) is 3.44. The number of hydrogen-bond donors (Lipinski definition) is 1. The number of piperidine rings is 1. The van der Waals surface area contributed by atoms with Crippen LogP contribution >= 0.6 is 23.7 Å². The first kappa shape index (κ1) is 19.2. The average molecular weight is 349 g/mol. The van der Waals surface area contributed by atoms with Crippen LogP contribution in [0.1, 0.15) is 33.8 Å². The number of nitrogens with zero attached hydrogens (tertiary/aromatic N) is 1. The normalized spacial score (nSPS) is 15.5. The van der Waals surface area contributed by atoms with Gasteiger partial charge in [-0.2, -0.15) is 0 Å². The SMILES string of the molecule is COc1cc(C)sc1C(=O)N1CCC(OCCCN)CC1.Cl. The molecule has 7 heteroatoms. The predicted octanol–water partition coefficient (Wildman–Crippen LogP) is 2.46. The second kappa shape index (κ2) is 9.35. The van der Waals surface area contributed by atoms with Crippen LogP contribution in [0.5, 0.6) is 5.75 Å². The molecule has 0 saturated carbocycles. The van der Waals surface area contributed by atoms with Crippen molar-refractivity contribution in [3.63, 3.8) is 0 Å². The van der Waals surface area contributed by atoms with Gasteiger partial charge in [0, 0.05) is 24.6 Å². The molecule has 0 unspecified atom stereocenters. The third-order valence-electron chi connectivity index (χ3n) is 3.67. The quantitative estimate of drug-likeness (QED) is 0.802. The molecule has 0 atom stereocenters. The summed E-state index contributed by atoms with van der Waals surface area (Å²) in [7, 11) is 1.61. The summed E-state index contributed by atoms with van der Waals surface area (Å²) >= 11 is 1.50. The molecule has 126 valence electrons. The van der Waals surface area contributed by atoms with Crippen molar-refractivity contribution < 1.29 is 14.3 Å². The molecule has 0 bridgehead atoms. The van der Waals surface area contributed by atoms with Gasteiger partial charge in [-0.05, 0) is 38.8 Å². The molecule has 0 aliphatic carbocycles. The first-order valence-corrected chi connectivity index (χ1v) is 8.22. The minimum Gasteiger partial charge on any atom is -0.495 e. The van der Waals surface area contributed by atoms with E-state index < -0.39 is 0 Å². The first-order chi connectivity index (χ1) is 10.2. The molecule has 1 amide bonds. The largest absolute Gasteiger partial charge is 0.495 e. The molecule has 2 N–H and O–H groups in total. The summed E-state index contributed by atoms with van der Waals surface area (Å²) in [5.41, 5.74) is 5.46. The van der Waals surface area contributed by atoms with E-state index in [0.717, 1.165) is 37.2 Å². The van der Waals surface area contributed by atoms with Gasteiger partial charge in [-0.25, -0.2) is 0 Å². The van der Waals surface area contributed by atoms with E-state index in [1.165, 1.54) is 11.3 Å². The van der Waals surface area contributed by atoms with E-state index in [1.54, 1.807) is 7.11 Å². The Morgan fingerprint density at radius 3 is 2.73 bits per heavy atom. The zero-order valence-corrected chi connectivity index (χ0v) is 14.8. The van der Waals surface area contributed by atoms with Crippen molar-refractivity contribution in [2.45, 2.75) is 32.3 Å². The Bertz CT molecular complexity index is 473. The number of methoxy groups -OCH3 is 1. The lowest BCUT2D eigenvalue weighted by Crippen LogP contribution is -2.40. The van der Waals surface area contributed by atoms with Gasteiger partial charge in [-0.3, -0.25) is 4.79 Å². The van der Waals surface area contributed by atoms with Crippen LogP contribution in [0.4, 0.5) is 0 Å². The third kappa shape index (κ3) is 4.84. The molecule has 5 nitrogen and oxygen atoms in total. The number of ether oxygens (including phenoxy) is 2. The second-order valence-electron chi connectivity index (χ2n) is 5.26. The number of likely N-dealkylation sites (tertiary alicyclic amines) is 1. The number of carbonyl (C=O) groups is 1. The molecule has 0 aromatic carbocycles. The molecule has 1 aliphatic heterocycles. The van der Waals surface area contributed by atoms with Gasteiger partial charge < -0.3 is 20.1 Å². The monoisotopic (exact) mass is 348 g/mol. The van der Waals surface area contributed by atoms with Crippen LogP contribution < -0.4 is 10.5 Å². The van der Waals surface area contributed by atoms with Crippen molar-refractivity contribution in [3.05, 3.63) is 15.8 Å². The molecular weight excluding hydrogens is 324 g/mol. The molecule has 1 fully saturated rings. The Morgan fingerprint density at radius 2 is 2.14 bits per heavy atom. The second-order valence-corrected chi connectivity index (χ2v) is 6.52. The van der Waals surface area contributed by atoms with Crippen LogP contribution in [0.3, 0.4) is 0 Å². The summed E-state index contributed by atoms with van der Waals surface area (Å²) in [6.07, 6.45) is 2.93. The van der Waals surface area contributed by atoms with E-state index in [1.807, 2.05) is 17.9 Å². The minimum absolute atomic E-state index is 0. The lowest BCUT2D eigenvalue weighted by atomic mass is 10.1. The Hall–Kier alpha value is -0.820. The van der Waals surface area contributed by atoms with Gasteiger partial charge in [0.25, 0.3) is 5.91 Å². The van der Waals surface area contributed by atoms with Crippen molar-refractivity contribution in [2.24, 2.45) is 5.73 Å². The van der Waals surface area contributed by atoms with Gasteiger partial charge in [0.15, 0.2) is 0 Å². The summed E-state index contributed by atoms with van der Waals surface area (Å²) < 4.78 is 11.1. The number of thiophene rings is 1. The third-order valence-corrected chi connectivity index (χ3v) is 4.69. The summed E-state index contributed by atoms with van der Waals surface area (Å²) in [4.78, 5) is 16.3. The van der Waals surface area contributed by atoms with Crippen molar-refractivity contribution in [1.82, 2.24) is 4.90 Å². The molecule has 1 aromatic rings. The van der Waals surface area contributed by atoms with E-state index in [9.17, 15) is 4.79 Å². The highest BCUT2D eigenvalue weighted by Gasteiger charge is 2.27. The van der Waals surface area contributed by atoms with Crippen LogP contribution in [0.15, 0.2) is 6.07 Å². The van der Waals surface area contributed by atoms with Crippen LogP contribution in [-0.4, -0.2) is 50.3 Å². The number of amides is 1. The standard InChI is InChI=1S/C15H24N2O3S.ClH/c1-11-10-13(19-2)14(21-11)15(18)17-7-4-12(5-8-17)20-9-3-6-16;/h10,12H,3-9,16H2,1-2H3;1H. The fourth-order valence-electron chi connectivity index (χ4n) is 2.49. The number of rotatable bonds is 6. The zero-order chi connectivity index (χ0) is 15.2. The molecular formula is C15H25ClN2O3S. The van der Waals surface area contributed by atoms with Crippen LogP contribution in [-0.2, 0) is 4.74 Å². The summed E-state index contributed by atoms with van der Waals surface area (Å²) in [5, 5.41) is 0. The zero-order valence-electron chi connectivity index (χ0n) is 13.2. The maximum absolute atomic E-state index is 12.6. The molecule has 1 aliphatic rings. The van der Waals surface area contributed by atoms with E-state index in [4.69, 9.17) is 15.2 Å². The van der Waals surface area contributed by atoms with Gasteiger partial charge in [-0.1, -0.05) is 0 Å². The van der Waals surface area contributed by atoms with Gasteiger partial charge in [0.1, 0.15) is 10.6 Å². The van der Waals surface area contributed by atoms with E-state index in [2.05, 4.69) is 0 Å². The molecule has 0 spiro atoms. The lowest BCUT2D eigenvalue weighted by molar-refractivity contribution is 0.00852. The van der Waals surface area contributed by atoms with Crippen molar-refractivity contribution in [3.8, 4) is 5.75 Å². The van der Waals surface area contributed by atoms with Crippen LogP contribution in [0.25, 0.3) is 0 Å². The smallest absolute Gasteiger partial charge is 0.267 e. The number of hydrogen-bond acceptors (Lipinski definition) is 5. The molecule has 1 aromatic heterocycles. The Labute approximate surface area is 142 Å². The minimum atomic E-state index is 0. The van der Waals surface area contributed by atoms with Crippen molar-refractivity contribution in [1.29, 1.82) is 0 Å². The van der Waals surface area contributed by atoms with Gasteiger partial charge in [0.05, 0.1) is 13.2 Å². The van der Waals surface area contributed by atoms with Crippen molar-refractivity contribution in [2.75, 3.05) is 33.4 Å². The Morgan fingerprint density at radius 1 is 1.45 bits per heavy atom. The molecule has 2 heterocycles. The highest BCUT2D eigenvalue weighted by molar-refractivity contribution is 7.14. The Kier molecular flexibility index (Phi) is 8.17. The molecule has 22 heavy (non-hydrogen) atoms. The summed E-state index contributed by atoms with van der Waals surface area (Å²) in [6.45, 7) is 4.85. The van der Waals surface area contributed by atoms with E-state index in [0.29, 0.717) is 23.8 Å². The number of nitrogens with two attached hydrogens (primary N) is 1.